The van der Waals surface area contributed by atoms with E-state index in [4.69, 9.17) is 10.0 Å². The van der Waals surface area contributed by atoms with E-state index in [1.807, 2.05) is 38.1 Å². The fourth-order valence-electron chi connectivity index (χ4n) is 1.11. The lowest BCUT2D eigenvalue weighted by Crippen LogP contribution is -1.95. The van der Waals surface area contributed by atoms with E-state index in [1.165, 1.54) is 11.8 Å². The second-order valence-electron chi connectivity index (χ2n) is 3.59. The zero-order chi connectivity index (χ0) is 11.8. The first-order valence-electron chi connectivity index (χ1n) is 5.09. The van der Waals surface area contributed by atoms with Crippen LogP contribution in [-0.4, -0.2) is 17.1 Å². The molecule has 1 rings (SSSR count). The molecule has 4 heteroatoms. The molecule has 0 fully saturated rings. The van der Waals surface area contributed by atoms with Gasteiger partial charge in [0.05, 0.1) is 5.71 Å². The van der Waals surface area contributed by atoms with E-state index in [9.17, 15) is 0 Å². The molecular weight excluding hydrogens is 204 g/mol. The minimum absolute atomic E-state index is 0.452. The first kappa shape index (κ1) is 12.2. The van der Waals surface area contributed by atoms with E-state index >= 15 is 0 Å². The van der Waals surface area contributed by atoms with E-state index in [0.29, 0.717) is 13.0 Å². The second kappa shape index (κ2) is 6.61. The van der Waals surface area contributed by atoms with Crippen molar-refractivity contribution in [1.29, 1.82) is 0 Å². The summed E-state index contributed by atoms with van der Waals surface area (Å²) in [6.07, 6.45) is 1.86. The van der Waals surface area contributed by atoms with Crippen molar-refractivity contribution in [3.8, 4) is 0 Å². The second-order valence-corrected chi connectivity index (χ2v) is 3.59. The van der Waals surface area contributed by atoms with E-state index in [2.05, 4.69) is 10.3 Å². The quantitative estimate of drug-likeness (QED) is 0.471. The summed E-state index contributed by atoms with van der Waals surface area (Å²) in [5, 5.41) is 15.0. The Bertz CT molecular complexity index is 369. The van der Waals surface area contributed by atoms with Crippen molar-refractivity contribution < 1.29 is 10.0 Å². The van der Waals surface area contributed by atoms with E-state index in [1.54, 1.807) is 0 Å². The van der Waals surface area contributed by atoms with Gasteiger partial charge in [0, 0.05) is 12.6 Å². The predicted octanol–water partition coefficient (Wildman–Crippen LogP) is 2.74. The van der Waals surface area contributed by atoms with Gasteiger partial charge in [0.25, 0.3) is 0 Å². The summed E-state index contributed by atoms with van der Waals surface area (Å²) in [5.74, 6) is 0. The number of nitrogens with zero attached hydrogens (tertiary/aromatic N) is 2. The van der Waals surface area contributed by atoms with Crippen molar-refractivity contribution >= 4 is 11.9 Å². The van der Waals surface area contributed by atoms with Crippen molar-refractivity contribution in [1.82, 2.24) is 0 Å². The minimum Gasteiger partial charge on any atom is -0.411 e. The average Bonchev–Trinajstić information content (AvgIpc) is 2.29. The zero-order valence-corrected chi connectivity index (χ0v) is 9.55. The third-order valence-corrected chi connectivity index (χ3v) is 2.04. The van der Waals surface area contributed by atoms with Gasteiger partial charge >= 0.3 is 0 Å². The molecule has 1 N–H and O–H groups in total. The molecule has 0 atom stereocenters. The third kappa shape index (κ3) is 4.59. The Balaban J connectivity index is 2.37. The van der Waals surface area contributed by atoms with Crippen LogP contribution in [0.3, 0.4) is 0 Å². The molecule has 0 saturated carbocycles. The van der Waals surface area contributed by atoms with Gasteiger partial charge in [0.1, 0.15) is 6.61 Å². The van der Waals surface area contributed by atoms with E-state index in [-0.39, 0.29) is 0 Å². The summed E-state index contributed by atoms with van der Waals surface area (Å²) in [6, 6.07) is 8.09. The Hall–Kier alpha value is -1.84. The Morgan fingerprint density at radius 3 is 2.69 bits per heavy atom. The number of aryl methyl sites for hydroxylation is 1. The minimum atomic E-state index is 0.452. The molecule has 1 aromatic carbocycles. The monoisotopic (exact) mass is 220 g/mol. The van der Waals surface area contributed by atoms with Crippen LogP contribution < -0.4 is 0 Å². The first-order chi connectivity index (χ1) is 7.72. The summed E-state index contributed by atoms with van der Waals surface area (Å²) in [4.78, 5) is 5.16. The number of hydrogen-bond acceptors (Lipinski definition) is 4. The van der Waals surface area contributed by atoms with Crippen LogP contribution in [0.25, 0.3) is 0 Å². The molecule has 1 aromatic rings. The lowest BCUT2D eigenvalue weighted by molar-refractivity contribution is 0.130. The molecule has 0 aromatic heterocycles. The summed E-state index contributed by atoms with van der Waals surface area (Å²) in [6.45, 7) is 4.31. The largest absolute Gasteiger partial charge is 0.411 e. The standard InChI is InChI=1S/C12H16N2O2/c1-10-3-5-12(6-4-10)9-16-14-11(2)7-8-13-15/h3-6,8,15H,7,9H2,1-2H3/b13-8+,14-11+. The number of oxime groups is 2. The maximum atomic E-state index is 8.22. The zero-order valence-electron chi connectivity index (χ0n) is 9.55. The van der Waals surface area contributed by atoms with Gasteiger partial charge in [-0.15, -0.1) is 5.16 Å². The van der Waals surface area contributed by atoms with Crippen LogP contribution in [0.4, 0.5) is 0 Å². The van der Waals surface area contributed by atoms with Crippen molar-refractivity contribution in [2.75, 3.05) is 0 Å². The highest BCUT2D eigenvalue weighted by molar-refractivity contribution is 5.93. The molecule has 0 aliphatic heterocycles. The topological polar surface area (TPSA) is 54.2 Å². The normalized spacial score (nSPS) is 12.0. The van der Waals surface area contributed by atoms with Gasteiger partial charge in [-0.25, -0.2) is 0 Å². The van der Waals surface area contributed by atoms with Crippen LogP contribution >= 0.6 is 0 Å². The summed E-state index contributed by atoms with van der Waals surface area (Å²) >= 11 is 0. The van der Waals surface area contributed by atoms with Crippen molar-refractivity contribution in [3.63, 3.8) is 0 Å². The van der Waals surface area contributed by atoms with Crippen LogP contribution in [-0.2, 0) is 11.4 Å². The Morgan fingerprint density at radius 2 is 2.06 bits per heavy atom. The van der Waals surface area contributed by atoms with Crippen molar-refractivity contribution in [2.45, 2.75) is 26.9 Å². The predicted molar refractivity (Wildman–Crippen MR) is 64.0 cm³/mol. The SMILES string of the molecule is C/C(C/C=N/O)=N\OCc1ccc(C)cc1. The van der Waals surface area contributed by atoms with Crippen molar-refractivity contribution in [3.05, 3.63) is 35.4 Å². The molecule has 0 aliphatic rings. The van der Waals surface area contributed by atoms with Gasteiger partial charge in [0.2, 0.25) is 0 Å². The van der Waals surface area contributed by atoms with Gasteiger partial charge < -0.3 is 10.0 Å². The van der Waals surface area contributed by atoms with Crippen LogP contribution in [0.5, 0.6) is 0 Å². The Kier molecular flexibility index (Phi) is 5.05. The fraction of sp³-hybridized carbons (Fsp3) is 0.333. The fourth-order valence-corrected chi connectivity index (χ4v) is 1.11. The lowest BCUT2D eigenvalue weighted by atomic mass is 10.2. The molecule has 0 saturated heterocycles. The van der Waals surface area contributed by atoms with Crippen LogP contribution in [0.2, 0.25) is 0 Å². The summed E-state index contributed by atoms with van der Waals surface area (Å²) in [5.41, 5.74) is 3.07. The molecule has 0 unspecified atom stereocenters. The molecule has 4 nitrogen and oxygen atoms in total. The highest BCUT2D eigenvalue weighted by atomic mass is 16.6. The highest BCUT2D eigenvalue weighted by Crippen LogP contribution is 2.04. The van der Waals surface area contributed by atoms with Crippen LogP contribution in [0.15, 0.2) is 34.6 Å². The first-order valence-corrected chi connectivity index (χ1v) is 5.09. The lowest BCUT2D eigenvalue weighted by Gasteiger charge is -2.01. The highest BCUT2D eigenvalue weighted by Gasteiger charge is 1.93. The molecule has 0 heterocycles. The molecule has 86 valence electrons. The Labute approximate surface area is 95.2 Å². The molecule has 16 heavy (non-hydrogen) atoms. The van der Waals surface area contributed by atoms with E-state index < -0.39 is 0 Å². The molecule has 0 aliphatic carbocycles. The molecule has 0 spiro atoms. The van der Waals surface area contributed by atoms with Gasteiger partial charge in [-0.3, -0.25) is 0 Å². The van der Waals surface area contributed by atoms with Crippen LogP contribution in [0.1, 0.15) is 24.5 Å². The van der Waals surface area contributed by atoms with Gasteiger partial charge in [-0.1, -0.05) is 35.0 Å². The smallest absolute Gasteiger partial charge is 0.142 e. The van der Waals surface area contributed by atoms with Gasteiger partial charge in [-0.05, 0) is 19.4 Å². The maximum Gasteiger partial charge on any atom is 0.142 e. The number of rotatable bonds is 5. The van der Waals surface area contributed by atoms with Crippen LogP contribution in [0, 0.1) is 6.92 Å². The average molecular weight is 220 g/mol. The number of hydrogen-bond donors (Lipinski definition) is 1. The van der Waals surface area contributed by atoms with E-state index in [0.717, 1.165) is 11.3 Å². The molecule has 0 amide bonds. The number of benzene rings is 1. The van der Waals surface area contributed by atoms with Crippen molar-refractivity contribution in [2.24, 2.45) is 10.3 Å². The molecule has 0 bridgehead atoms. The summed E-state index contributed by atoms with van der Waals surface area (Å²) < 4.78 is 0. The third-order valence-electron chi connectivity index (χ3n) is 2.04. The maximum absolute atomic E-state index is 8.22. The molecular formula is C12H16N2O2. The van der Waals surface area contributed by atoms with Gasteiger partial charge in [0.15, 0.2) is 0 Å². The molecule has 0 radical (unpaired) electrons. The summed E-state index contributed by atoms with van der Waals surface area (Å²) in [7, 11) is 0. The van der Waals surface area contributed by atoms with Gasteiger partial charge in [-0.2, -0.15) is 0 Å². The Morgan fingerprint density at radius 1 is 1.38 bits per heavy atom.